The van der Waals surface area contributed by atoms with E-state index in [4.69, 9.17) is 9.90 Å². The molecule has 0 spiro atoms. The maximum absolute atomic E-state index is 13.9. The van der Waals surface area contributed by atoms with Crippen molar-refractivity contribution >= 4 is 26.9 Å². The lowest BCUT2D eigenvalue weighted by Gasteiger charge is -2.17. The molecule has 2 aromatic carbocycles. The fourth-order valence-electron chi connectivity index (χ4n) is 5.06. The van der Waals surface area contributed by atoms with Crippen LogP contribution >= 0.6 is 0 Å². The van der Waals surface area contributed by atoms with Crippen LogP contribution in [0.2, 0.25) is 0 Å². The van der Waals surface area contributed by atoms with E-state index in [9.17, 15) is 39.6 Å². The van der Waals surface area contributed by atoms with Crippen molar-refractivity contribution in [2.45, 2.75) is 37.1 Å². The smallest absolute Gasteiger partial charge is 0.475 e. The van der Waals surface area contributed by atoms with Crippen molar-refractivity contribution < 1.29 is 44.7 Å². The lowest BCUT2D eigenvalue weighted by atomic mass is 10.1. The van der Waals surface area contributed by atoms with Crippen LogP contribution in [0.15, 0.2) is 88.8 Å². The number of nitrogens with one attached hydrogen (secondary N) is 1. The topological polar surface area (TPSA) is 123 Å². The minimum atomic E-state index is -5.08. The molecule has 0 saturated carbocycles. The summed E-state index contributed by atoms with van der Waals surface area (Å²) in [5.74, 6) is -2.76. The molecule has 246 valence electrons. The number of carbonyl (C=O) groups is 1. The molecule has 0 atom stereocenters. The molecular formula is C31H24F6N4O5S. The number of hydrogen-bond acceptors (Lipinski definition) is 6. The molecule has 5 aromatic rings. The van der Waals surface area contributed by atoms with Gasteiger partial charge in [0, 0.05) is 54.6 Å². The maximum atomic E-state index is 13.9. The van der Waals surface area contributed by atoms with Gasteiger partial charge in [-0.05, 0) is 55.0 Å². The Bertz CT molecular complexity index is 2140. The number of aryl methyl sites for hydroxylation is 1. The maximum Gasteiger partial charge on any atom is 0.490 e. The summed E-state index contributed by atoms with van der Waals surface area (Å²) >= 11 is 0. The average molecular weight is 679 g/mol. The first-order valence-corrected chi connectivity index (χ1v) is 15.2. The summed E-state index contributed by atoms with van der Waals surface area (Å²) in [4.78, 5) is 26.1. The number of aromatic nitrogens is 3. The van der Waals surface area contributed by atoms with E-state index in [1.54, 1.807) is 42.5 Å². The van der Waals surface area contributed by atoms with Gasteiger partial charge in [0.15, 0.2) is 0 Å². The summed E-state index contributed by atoms with van der Waals surface area (Å²) in [5, 5.41) is 11.2. The molecule has 0 saturated heterocycles. The molecule has 1 aliphatic rings. The Labute approximate surface area is 262 Å². The average Bonchev–Trinajstić information content (AvgIpc) is 3.35. The van der Waals surface area contributed by atoms with E-state index in [2.05, 4.69) is 10.3 Å². The number of aliphatic carboxylic acids is 1. The molecule has 2 N–H and O–H groups in total. The number of hydrogen-bond donors (Lipinski definition) is 2. The monoisotopic (exact) mass is 678 g/mol. The number of rotatable bonds is 4. The predicted molar refractivity (Wildman–Crippen MR) is 159 cm³/mol. The number of nitrogens with zero attached hydrogens (tertiary/aromatic N) is 3. The summed E-state index contributed by atoms with van der Waals surface area (Å²) in [6.45, 7) is 3.05. The fourth-order valence-corrected chi connectivity index (χ4v) is 6.65. The quantitative estimate of drug-likeness (QED) is 0.234. The summed E-state index contributed by atoms with van der Waals surface area (Å²) in [7, 11) is -3.93. The summed E-state index contributed by atoms with van der Waals surface area (Å²) in [6.07, 6.45) is -6.83. The highest BCUT2D eigenvalue weighted by Crippen LogP contribution is 2.34. The number of halogens is 6. The van der Waals surface area contributed by atoms with E-state index in [1.165, 1.54) is 26.9 Å². The minimum absolute atomic E-state index is 0.173. The van der Waals surface area contributed by atoms with Crippen molar-refractivity contribution in [2.75, 3.05) is 6.54 Å². The largest absolute Gasteiger partial charge is 0.490 e. The Kier molecular flexibility index (Phi) is 8.77. The van der Waals surface area contributed by atoms with Gasteiger partial charge in [-0.3, -0.25) is 14.3 Å². The standard InChI is InChI=1S/C29H23F3N4O3S.C2HF3O2/c1-18-2-6-22(7-3-18)40(38,39)36-26-10-12-33-17-24(26)23-8-5-21(15-27(23)36)35-13-11-19(14-28(35)37)25-9-4-20(16-34-25)29(30,31)32;3-2(4,5)1(6)7/h2-9,11,13-16,33H,10,12,17H2,1H3;(H,6,7). The molecule has 9 nitrogen and oxygen atoms in total. The molecule has 6 rings (SSSR count). The zero-order chi connectivity index (χ0) is 34.3. The lowest BCUT2D eigenvalue weighted by Crippen LogP contribution is -2.26. The van der Waals surface area contributed by atoms with Crippen LogP contribution in [0, 0.1) is 6.92 Å². The van der Waals surface area contributed by atoms with Crippen LogP contribution in [0.25, 0.3) is 27.8 Å². The Hall–Kier alpha value is -4.96. The number of benzene rings is 2. The highest BCUT2D eigenvalue weighted by atomic mass is 32.2. The third-order valence-corrected chi connectivity index (χ3v) is 9.11. The number of fused-ring (bicyclic) bond motifs is 3. The van der Waals surface area contributed by atoms with Gasteiger partial charge in [-0.2, -0.15) is 26.3 Å². The molecule has 0 bridgehead atoms. The van der Waals surface area contributed by atoms with E-state index < -0.39 is 39.5 Å². The zero-order valence-electron chi connectivity index (χ0n) is 24.2. The number of alkyl halides is 6. The molecule has 47 heavy (non-hydrogen) atoms. The van der Waals surface area contributed by atoms with Crippen molar-refractivity contribution in [3.63, 3.8) is 0 Å². The normalized spacial score (nSPS) is 13.5. The third kappa shape index (κ3) is 6.78. The molecule has 4 heterocycles. The molecule has 0 unspecified atom stereocenters. The fraction of sp³-hybridized carbons (Fsp3) is 0.194. The van der Waals surface area contributed by atoms with Crippen LogP contribution < -0.4 is 10.9 Å². The molecule has 16 heteroatoms. The van der Waals surface area contributed by atoms with E-state index in [0.29, 0.717) is 42.0 Å². The number of pyridine rings is 2. The summed E-state index contributed by atoms with van der Waals surface area (Å²) in [5.41, 5.74) is 2.75. The highest BCUT2D eigenvalue weighted by molar-refractivity contribution is 7.90. The van der Waals surface area contributed by atoms with E-state index in [-0.39, 0.29) is 10.6 Å². The van der Waals surface area contributed by atoms with E-state index in [0.717, 1.165) is 28.8 Å². The lowest BCUT2D eigenvalue weighted by molar-refractivity contribution is -0.192. The highest BCUT2D eigenvalue weighted by Gasteiger charge is 2.38. The second-order valence-corrected chi connectivity index (χ2v) is 12.3. The van der Waals surface area contributed by atoms with Gasteiger partial charge in [0.25, 0.3) is 15.6 Å². The molecular weight excluding hydrogens is 654 g/mol. The first kappa shape index (κ1) is 33.4. The zero-order valence-corrected chi connectivity index (χ0v) is 25.0. The molecule has 0 fully saturated rings. The van der Waals surface area contributed by atoms with Crippen LogP contribution in [-0.4, -0.2) is 45.7 Å². The second-order valence-electron chi connectivity index (χ2n) is 10.5. The van der Waals surface area contributed by atoms with Crippen LogP contribution in [0.4, 0.5) is 26.3 Å². The number of carboxylic acids is 1. The van der Waals surface area contributed by atoms with Gasteiger partial charge >= 0.3 is 18.3 Å². The Balaban J connectivity index is 0.000000559. The van der Waals surface area contributed by atoms with Gasteiger partial charge < -0.3 is 10.4 Å². The van der Waals surface area contributed by atoms with Gasteiger partial charge in [0.05, 0.1) is 27.4 Å². The predicted octanol–water partition coefficient (Wildman–Crippen LogP) is 5.70. The van der Waals surface area contributed by atoms with Crippen molar-refractivity contribution in [3.05, 3.63) is 112 Å². The Morgan fingerprint density at radius 1 is 0.957 bits per heavy atom. The Morgan fingerprint density at radius 3 is 2.21 bits per heavy atom. The minimum Gasteiger partial charge on any atom is -0.475 e. The third-order valence-electron chi connectivity index (χ3n) is 7.35. The summed E-state index contributed by atoms with van der Waals surface area (Å²) < 4.78 is 101. The molecule has 0 amide bonds. The van der Waals surface area contributed by atoms with E-state index in [1.807, 2.05) is 13.0 Å². The van der Waals surface area contributed by atoms with Gasteiger partial charge in [-0.1, -0.05) is 23.8 Å². The van der Waals surface area contributed by atoms with Gasteiger partial charge in [0.2, 0.25) is 0 Å². The van der Waals surface area contributed by atoms with Crippen LogP contribution in [0.5, 0.6) is 0 Å². The second kappa shape index (κ2) is 12.3. The molecule has 3 aromatic heterocycles. The van der Waals surface area contributed by atoms with E-state index >= 15 is 0 Å². The van der Waals surface area contributed by atoms with Crippen molar-refractivity contribution in [3.8, 4) is 16.9 Å². The van der Waals surface area contributed by atoms with Crippen LogP contribution in [0.1, 0.15) is 22.4 Å². The van der Waals surface area contributed by atoms with Crippen molar-refractivity contribution in [2.24, 2.45) is 0 Å². The van der Waals surface area contributed by atoms with Crippen LogP contribution in [0.3, 0.4) is 0 Å². The van der Waals surface area contributed by atoms with Gasteiger partial charge in [-0.25, -0.2) is 17.2 Å². The SMILES string of the molecule is Cc1ccc(S(=O)(=O)n2c3c(c4ccc(-n5ccc(-c6ccc(C(F)(F)F)cn6)cc5=O)cc42)CNCC3)cc1.O=C(O)C(F)(F)F. The van der Waals surface area contributed by atoms with Crippen LogP contribution in [-0.2, 0) is 34.0 Å². The van der Waals surface area contributed by atoms with Gasteiger partial charge in [0.1, 0.15) is 0 Å². The summed E-state index contributed by atoms with van der Waals surface area (Å²) in [6, 6.07) is 16.9. The van der Waals surface area contributed by atoms with Crippen molar-refractivity contribution in [1.29, 1.82) is 0 Å². The van der Waals surface area contributed by atoms with Crippen molar-refractivity contribution in [1.82, 2.24) is 18.8 Å². The molecule has 1 aliphatic heterocycles. The first-order chi connectivity index (χ1) is 22.0. The molecule has 0 radical (unpaired) electrons. The Morgan fingerprint density at radius 2 is 1.64 bits per heavy atom. The van der Waals surface area contributed by atoms with Gasteiger partial charge in [-0.15, -0.1) is 0 Å². The first-order valence-electron chi connectivity index (χ1n) is 13.7. The molecule has 0 aliphatic carbocycles. The number of carboxylic acid groups (broad SMARTS) is 1.